The lowest BCUT2D eigenvalue weighted by atomic mass is 10.0. The molecule has 2 rings (SSSR count). The number of rotatable bonds is 6. The van der Waals surface area contributed by atoms with Crippen LogP contribution in [0.3, 0.4) is 0 Å². The number of carbonyl (C=O) groups excluding carboxylic acids is 4. The van der Waals surface area contributed by atoms with E-state index >= 15 is 0 Å². The van der Waals surface area contributed by atoms with Crippen LogP contribution in [0.2, 0.25) is 0 Å². The first-order valence-electron chi connectivity index (χ1n) is 8.79. The summed E-state index contributed by atoms with van der Waals surface area (Å²) < 4.78 is 26.3. The molecule has 1 fully saturated rings. The van der Waals surface area contributed by atoms with Crippen molar-refractivity contribution in [3.05, 3.63) is 29.8 Å². The van der Waals surface area contributed by atoms with Gasteiger partial charge in [-0.25, -0.2) is 4.79 Å². The molecular formula is C19H22O10. The van der Waals surface area contributed by atoms with Crippen molar-refractivity contribution in [2.75, 3.05) is 6.61 Å². The number of hydrogen-bond donors (Lipinski definition) is 1. The summed E-state index contributed by atoms with van der Waals surface area (Å²) in [6, 6.07) is 5.37. The molecule has 0 saturated carbocycles. The topological polar surface area (TPSA) is 135 Å². The molecule has 29 heavy (non-hydrogen) atoms. The van der Waals surface area contributed by atoms with E-state index in [2.05, 4.69) is 0 Å². The van der Waals surface area contributed by atoms with E-state index in [0.29, 0.717) is 0 Å². The number of benzene rings is 1. The molecule has 1 N–H and O–H groups in total. The standard InChI is InChI=1S/C19H22O10/c1-10(20)25-9-16-18(27-12(3)22)15(26-11(2)21)8-17(28-16)29-19(24)13-4-6-14(23)7-5-13/h4-7,15-18,23H,8-9H2,1-3H3/t15-,16-,17+,18+/m1/s1. The van der Waals surface area contributed by atoms with Crippen molar-refractivity contribution in [3.8, 4) is 5.75 Å². The van der Waals surface area contributed by atoms with Crippen LogP contribution in [0, 0.1) is 0 Å². The Kier molecular flexibility index (Phi) is 7.54. The Hall–Kier alpha value is -3.14. The van der Waals surface area contributed by atoms with Gasteiger partial charge in [-0.05, 0) is 24.3 Å². The van der Waals surface area contributed by atoms with Crippen molar-refractivity contribution < 1.29 is 48.0 Å². The van der Waals surface area contributed by atoms with Crippen molar-refractivity contribution >= 4 is 23.9 Å². The Morgan fingerprint density at radius 2 is 1.59 bits per heavy atom. The molecule has 0 bridgehead atoms. The highest BCUT2D eigenvalue weighted by atomic mass is 16.7. The summed E-state index contributed by atoms with van der Waals surface area (Å²) in [7, 11) is 0. The van der Waals surface area contributed by atoms with Crippen molar-refractivity contribution in [2.45, 2.75) is 51.8 Å². The first kappa shape index (κ1) is 22.2. The lowest BCUT2D eigenvalue weighted by molar-refractivity contribution is -0.252. The van der Waals surface area contributed by atoms with E-state index in [1.807, 2.05) is 0 Å². The number of phenolic OH excluding ortho intramolecular Hbond substituents is 1. The normalized spacial score (nSPS) is 23.6. The molecule has 1 aromatic carbocycles. The first-order valence-corrected chi connectivity index (χ1v) is 8.79. The molecular weight excluding hydrogens is 388 g/mol. The third-order valence-corrected chi connectivity index (χ3v) is 3.90. The Morgan fingerprint density at radius 1 is 0.966 bits per heavy atom. The van der Waals surface area contributed by atoms with Gasteiger partial charge in [0.2, 0.25) is 6.29 Å². The van der Waals surface area contributed by atoms with Gasteiger partial charge in [0, 0.05) is 20.8 Å². The Morgan fingerprint density at radius 3 is 2.14 bits per heavy atom. The molecule has 0 amide bonds. The predicted octanol–water partition coefficient (Wildman–Crippen LogP) is 1.09. The van der Waals surface area contributed by atoms with Crippen LogP contribution in [-0.4, -0.2) is 60.2 Å². The van der Waals surface area contributed by atoms with Gasteiger partial charge in [0.1, 0.15) is 24.6 Å². The van der Waals surface area contributed by atoms with E-state index in [0.717, 1.165) is 0 Å². The maximum Gasteiger partial charge on any atom is 0.340 e. The Bertz CT molecular complexity index is 757. The SMILES string of the molecule is CC(=O)OC[C@H]1O[C@@H](OC(=O)c2ccc(O)cc2)C[C@@H](OC(C)=O)[C@@H]1OC(C)=O. The molecule has 0 spiro atoms. The smallest absolute Gasteiger partial charge is 0.340 e. The number of phenols is 1. The van der Waals surface area contributed by atoms with E-state index in [4.69, 9.17) is 23.7 Å². The summed E-state index contributed by atoms with van der Waals surface area (Å²) in [4.78, 5) is 46.4. The van der Waals surface area contributed by atoms with Gasteiger partial charge in [-0.15, -0.1) is 0 Å². The molecule has 158 valence electrons. The van der Waals surface area contributed by atoms with Crippen LogP contribution < -0.4 is 0 Å². The fraction of sp³-hybridized carbons (Fsp3) is 0.474. The summed E-state index contributed by atoms with van der Waals surface area (Å²) in [5.74, 6) is -2.64. The van der Waals surface area contributed by atoms with Crippen molar-refractivity contribution in [3.63, 3.8) is 0 Å². The zero-order valence-electron chi connectivity index (χ0n) is 16.2. The third-order valence-electron chi connectivity index (χ3n) is 3.90. The van der Waals surface area contributed by atoms with E-state index < -0.39 is 48.5 Å². The highest BCUT2D eigenvalue weighted by Crippen LogP contribution is 2.27. The molecule has 1 aliphatic rings. The summed E-state index contributed by atoms with van der Waals surface area (Å²) in [6.07, 6.45) is -4.33. The van der Waals surface area contributed by atoms with Crippen LogP contribution in [0.1, 0.15) is 37.6 Å². The second-order valence-corrected chi connectivity index (χ2v) is 6.32. The van der Waals surface area contributed by atoms with Gasteiger partial charge in [-0.3, -0.25) is 14.4 Å². The van der Waals surface area contributed by atoms with Crippen molar-refractivity contribution in [1.29, 1.82) is 0 Å². The monoisotopic (exact) mass is 410 g/mol. The van der Waals surface area contributed by atoms with E-state index in [9.17, 15) is 24.3 Å². The molecule has 0 unspecified atom stereocenters. The summed E-state index contributed by atoms with van der Waals surface area (Å²) in [5, 5.41) is 9.31. The molecule has 0 aromatic heterocycles. The number of esters is 4. The number of hydrogen-bond acceptors (Lipinski definition) is 10. The van der Waals surface area contributed by atoms with Gasteiger partial charge in [0.05, 0.1) is 12.0 Å². The molecule has 1 heterocycles. The quantitative estimate of drug-likeness (QED) is 0.536. The zero-order chi connectivity index (χ0) is 21.6. The van der Waals surface area contributed by atoms with Crippen LogP contribution in [0.25, 0.3) is 0 Å². The maximum absolute atomic E-state index is 12.3. The van der Waals surface area contributed by atoms with E-state index in [1.165, 1.54) is 45.0 Å². The predicted molar refractivity (Wildman–Crippen MR) is 94.5 cm³/mol. The maximum atomic E-state index is 12.3. The van der Waals surface area contributed by atoms with Crippen LogP contribution in [0.4, 0.5) is 0 Å². The second-order valence-electron chi connectivity index (χ2n) is 6.32. The van der Waals surface area contributed by atoms with Crippen LogP contribution >= 0.6 is 0 Å². The van der Waals surface area contributed by atoms with Gasteiger partial charge in [0.25, 0.3) is 0 Å². The fourth-order valence-corrected chi connectivity index (χ4v) is 2.76. The van der Waals surface area contributed by atoms with E-state index in [-0.39, 0.29) is 24.3 Å². The molecule has 0 radical (unpaired) electrons. The summed E-state index contributed by atoms with van der Waals surface area (Å²) in [6.45, 7) is 3.23. The molecule has 4 atom stereocenters. The molecule has 10 nitrogen and oxygen atoms in total. The minimum absolute atomic E-state index is 0.0175. The van der Waals surface area contributed by atoms with Crippen molar-refractivity contribution in [2.24, 2.45) is 0 Å². The Labute approximate surface area is 166 Å². The summed E-state index contributed by atoms with van der Waals surface area (Å²) in [5.41, 5.74) is 0.161. The third kappa shape index (κ3) is 6.75. The van der Waals surface area contributed by atoms with Gasteiger partial charge < -0.3 is 28.8 Å². The highest BCUT2D eigenvalue weighted by molar-refractivity contribution is 5.89. The lowest BCUT2D eigenvalue weighted by Gasteiger charge is -2.39. The minimum atomic E-state index is -1.16. The number of carbonyl (C=O) groups is 4. The molecule has 1 saturated heterocycles. The number of aromatic hydroxyl groups is 1. The van der Waals surface area contributed by atoms with Gasteiger partial charge >= 0.3 is 23.9 Å². The van der Waals surface area contributed by atoms with Gasteiger partial charge in [0.15, 0.2) is 6.10 Å². The molecule has 10 heteroatoms. The van der Waals surface area contributed by atoms with Gasteiger partial charge in [-0.1, -0.05) is 0 Å². The average Bonchev–Trinajstić information content (AvgIpc) is 2.62. The first-order chi connectivity index (χ1) is 13.7. The summed E-state index contributed by atoms with van der Waals surface area (Å²) >= 11 is 0. The molecule has 1 aromatic rings. The molecule has 1 aliphatic heterocycles. The van der Waals surface area contributed by atoms with Crippen LogP contribution in [0.15, 0.2) is 24.3 Å². The molecule has 0 aliphatic carbocycles. The average molecular weight is 410 g/mol. The van der Waals surface area contributed by atoms with Crippen LogP contribution in [-0.2, 0) is 38.1 Å². The Balaban J connectivity index is 2.18. The van der Waals surface area contributed by atoms with Crippen LogP contribution in [0.5, 0.6) is 5.75 Å². The lowest BCUT2D eigenvalue weighted by Crippen LogP contribution is -2.54. The largest absolute Gasteiger partial charge is 0.508 e. The van der Waals surface area contributed by atoms with Gasteiger partial charge in [-0.2, -0.15) is 0 Å². The number of ether oxygens (including phenoxy) is 5. The minimum Gasteiger partial charge on any atom is -0.508 e. The zero-order valence-corrected chi connectivity index (χ0v) is 16.2. The van der Waals surface area contributed by atoms with E-state index in [1.54, 1.807) is 0 Å². The highest BCUT2D eigenvalue weighted by Gasteiger charge is 2.45. The van der Waals surface area contributed by atoms with Crippen molar-refractivity contribution in [1.82, 2.24) is 0 Å². The fourth-order valence-electron chi connectivity index (χ4n) is 2.76. The second kappa shape index (κ2) is 9.87.